The summed E-state index contributed by atoms with van der Waals surface area (Å²) < 4.78 is 7.04. The highest BCUT2D eigenvalue weighted by atomic mass is 35.5. The molecule has 2 heterocycles. The van der Waals surface area contributed by atoms with Crippen LogP contribution in [0.2, 0.25) is 10.0 Å². The van der Waals surface area contributed by atoms with Crippen molar-refractivity contribution >= 4 is 40.9 Å². The fourth-order valence-electron chi connectivity index (χ4n) is 3.23. The number of furan rings is 1. The molecule has 9 heteroatoms. The average molecular weight is 487 g/mol. The first-order valence-corrected chi connectivity index (χ1v) is 11.6. The van der Waals surface area contributed by atoms with Gasteiger partial charge >= 0.3 is 0 Å². The lowest BCUT2D eigenvalue weighted by Gasteiger charge is -2.17. The zero-order valence-corrected chi connectivity index (χ0v) is 19.7. The Kier molecular flexibility index (Phi) is 6.89. The minimum atomic E-state index is -0.458. The molecule has 4 rings (SSSR count). The maximum absolute atomic E-state index is 12.5. The van der Waals surface area contributed by atoms with Gasteiger partial charge in [0, 0.05) is 10.8 Å². The number of hydrogen-bond acceptors (Lipinski definition) is 5. The lowest BCUT2D eigenvalue weighted by atomic mass is 10.2. The van der Waals surface area contributed by atoms with E-state index < -0.39 is 6.04 Å². The number of benzene rings is 2. The minimum absolute atomic E-state index is 0.224. The highest BCUT2D eigenvalue weighted by molar-refractivity contribution is 7.98. The number of nitrogens with one attached hydrogen (secondary N) is 1. The molecule has 164 valence electrons. The molecule has 0 saturated heterocycles. The van der Waals surface area contributed by atoms with Gasteiger partial charge in [0.25, 0.3) is 5.91 Å². The van der Waals surface area contributed by atoms with Crippen LogP contribution in [0.3, 0.4) is 0 Å². The molecule has 4 aromatic rings. The highest BCUT2D eigenvalue weighted by Crippen LogP contribution is 2.32. The molecule has 0 aliphatic rings. The summed E-state index contributed by atoms with van der Waals surface area (Å²) in [6.45, 7) is 3.89. The van der Waals surface area contributed by atoms with E-state index in [9.17, 15) is 4.79 Å². The third-order valence-electron chi connectivity index (χ3n) is 4.74. The van der Waals surface area contributed by atoms with E-state index in [0.717, 1.165) is 0 Å². The number of aryl methyl sites for hydroxylation is 1. The molecular weight excluding hydrogens is 467 g/mol. The van der Waals surface area contributed by atoms with Crippen LogP contribution in [-0.4, -0.2) is 20.7 Å². The Morgan fingerprint density at radius 3 is 2.72 bits per heavy atom. The van der Waals surface area contributed by atoms with E-state index in [1.807, 2.05) is 23.6 Å². The number of hydrogen-bond donors (Lipinski definition) is 1. The lowest BCUT2D eigenvalue weighted by Crippen LogP contribution is -2.28. The largest absolute Gasteiger partial charge is 0.459 e. The van der Waals surface area contributed by atoms with E-state index in [2.05, 4.69) is 40.6 Å². The first kappa shape index (κ1) is 22.5. The summed E-state index contributed by atoms with van der Waals surface area (Å²) >= 11 is 14.2. The highest BCUT2D eigenvalue weighted by Gasteiger charge is 2.23. The van der Waals surface area contributed by atoms with E-state index in [0.29, 0.717) is 32.5 Å². The molecule has 0 saturated carbocycles. The van der Waals surface area contributed by atoms with E-state index in [-0.39, 0.29) is 11.7 Å². The zero-order chi connectivity index (χ0) is 22.7. The van der Waals surface area contributed by atoms with Crippen molar-refractivity contribution in [3.8, 4) is 5.69 Å². The number of carbonyl (C=O) groups excluding carboxylic acids is 1. The quantitative estimate of drug-likeness (QED) is 0.312. The Labute approximate surface area is 199 Å². The summed E-state index contributed by atoms with van der Waals surface area (Å²) in [5.41, 5.74) is 3.05. The van der Waals surface area contributed by atoms with Gasteiger partial charge in [0.05, 0.1) is 23.0 Å². The van der Waals surface area contributed by atoms with Crippen LogP contribution in [-0.2, 0) is 5.75 Å². The van der Waals surface area contributed by atoms with Gasteiger partial charge in [0.2, 0.25) is 0 Å². The molecule has 0 spiro atoms. The van der Waals surface area contributed by atoms with E-state index in [4.69, 9.17) is 27.6 Å². The zero-order valence-electron chi connectivity index (χ0n) is 17.4. The van der Waals surface area contributed by atoms with E-state index >= 15 is 0 Å². The Hall–Kier alpha value is -2.74. The van der Waals surface area contributed by atoms with Crippen LogP contribution in [0.5, 0.6) is 0 Å². The molecule has 0 aliphatic heterocycles. The van der Waals surface area contributed by atoms with Crippen molar-refractivity contribution < 1.29 is 9.21 Å². The van der Waals surface area contributed by atoms with Gasteiger partial charge in [-0.15, -0.1) is 10.2 Å². The smallest absolute Gasteiger partial charge is 0.287 e. The molecule has 0 bridgehead atoms. The predicted molar refractivity (Wildman–Crippen MR) is 127 cm³/mol. The van der Waals surface area contributed by atoms with Gasteiger partial charge in [-0.1, -0.05) is 64.8 Å². The number of thioether (sulfide) groups is 1. The second-order valence-corrected chi connectivity index (χ2v) is 9.01. The van der Waals surface area contributed by atoms with Crippen LogP contribution in [0.15, 0.2) is 70.4 Å². The van der Waals surface area contributed by atoms with Crippen molar-refractivity contribution in [3.63, 3.8) is 0 Å². The lowest BCUT2D eigenvalue weighted by molar-refractivity contribution is 0.0910. The molecule has 0 fully saturated rings. The summed E-state index contributed by atoms with van der Waals surface area (Å²) in [6, 6.07) is 16.3. The van der Waals surface area contributed by atoms with Gasteiger partial charge in [-0.3, -0.25) is 9.36 Å². The number of rotatable bonds is 7. The number of halogens is 2. The molecule has 6 nitrogen and oxygen atoms in total. The fourth-order valence-corrected chi connectivity index (χ4v) is 4.62. The summed E-state index contributed by atoms with van der Waals surface area (Å²) in [4.78, 5) is 12.5. The molecule has 1 amide bonds. The first-order chi connectivity index (χ1) is 15.4. The second-order valence-electron chi connectivity index (χ2n) is 7.22. The molecule has 2 aromatic heterocycles. The van der Waals surface area contributed by atoms with Crippen molar-refractivity contribution in [2.45, 2.75) is 30.8 Å². The Morgan fingerprint density at radius 2 is 2.00 bits per heavy atom. The maximum atomic E-state index is 12.5. The Morgan fingerprint density at radius 1 is 1.16 bits per heavy atom. The summed E-state index contributed by atoms with van der Waals surface area (Å²) in [5.74, 6) is 1.13. The number of amides is 1. The molecule has 32 heavy (non-hydrogen) atoms. The van der Waals surface area contributed by atoms with Crippen molar-refractivity contribution in [2.24, 2.45) is 0 Å². The molecule has 1 N–H and O–H groups in total. The minimum Gasteiger partial charge on any atom is -0.459 e. The van der Waals surface area contributed by atoms with Gasteiger partial charge in [0.1, 0.15) is 0 Å². The molecule has 2 aromatic carbocycles. The van der Waals surface area contributed by atoms with Crippen molar-refractivity contribution in [1.29, 1.82) is 0 Å². The Balaban J connectivity index is 1.67. The number of nitrogens with zero attached hydrogens (tertiary/aromatic N) is 3. The Bertz CT molecular complexity index is 1240. The molecular formula is C23H20Cl2N4O2S. The van der Waals surface area contributed by atoms with E-state index in [1.165, 1.54) is 29.2 Å². The first-order valence-electron chi connectivity index (χ1n) is 9.86. The van der Waals surface area contributed by atoms with Crippen molar-refractivity contribution in [1.82, 2.24) is 20.1 Å². The summed E-state index contributed by atoms with van der Waals surface area (Å²) in [6.07, 6.45) is 1.45. The van der Waals surface area contributed by atoms with Gasteiger partial charge in [-0.05, 0) is 49.7 Å². The normalized spacial score (nSPS) is 12.0. The third-order valence-corrected chi connectivity index (χ3v) is 6.28. The second kappa shape index (κ2) is 9.81. The van der Waals surface area contributed by atoms with Crippen LogP contribution in [0.4, 0.5) is 0 Å². The predicted octanol–water partition coefficient (Wildman–Crippen LogP) is 6.26. The monoisotopic (exact) mass is 486 g/mol. The third kappa shape index (κ3) is 5.01. The van der Waals surface area contributed by atoms with Crippen molar-refractivity contribution in [2.75, 3.05) is 0 Å². The molecule has 0 radical (unpaired) electrons. The topological polar surface area (TPSA) is 73.0 Å². The van der Waals surface area contributed by atoms with Gasteiger partial charge < -0.3 is 9.73 Å². The number of aromatic nitrogens is 3. The maximum Gasteiger partial charge on any atom is 0.287 e. The van der Waals surface area contributed by atoms with Crippen LogP contribution < -0.4 is 5.32 Å². The van der Waals surface area contributed by atoms with Gasteiger partial charge in [-0.25, -0.2) is 0 Å². The molecule has 1 atom stereocenters. The van der Waals surface area contributed by atoms with Crippen LogP contribution in [0.25, 0.3) is 5.69 Å². The SMILES string of the molecule is Cc1cccc(CSc2nnc(C(C)NC(=O)c3ccco3)n2-c2ccc(Cl)cc2Cl)c1. The summed E-state index contributed by atoms with van der Waals surface area (Å²) in [7, 11) is 0. The van der Waals surface area contributed by atoms with Crippen LogP contribution in [0, 0.1) is 6.92 Å². The summed E-state index contributed by atoms with van der Waals surface area (Å²) in [5, 5.41) is 13.3. The molecule has 0 aliphatic carbocycles. The number of carbonyl (C=O) groups is 1. The van der Waals surface area contributed by atoms with Gasteiger partial charge in [0.15, 0.2) is 16.7 Å². The molecule has 1 unspecified atom stereocenters. The standard InChI is InChI=1S/C23H20Cl2N4O2S/c1-14-5-3-6-16(11-14)13-32-23-28-27-21(15(2)26-22(30)20-7-4-10-31-20)29(23)19-9-8-17(24)12-18(19)25/h3-12,15H,13H2,1-2H3,(H,26,30). The fraction of sp³-hybridized carbons (Fsp3) is 0.174. The van der Waals surface area contributed by atoms with Gasteiger partial charge in [-0.2, -0.15) is 0 Å². The van der Waals surface area contributed by atoms with Crippen LogP contribution >= 0.6 is 35.0 Å². The van der Waals surface area contributed by atoms with Crippen molar-refractivity contribution in [3.05, 3.63) is 93.6 Å². The van der Waals surface area contributed by atoms with E-state index in [1.54, 1.807) is 24.3 Å². The average Bonchev–Trinajstić information content (AvgIpc) is 3.43. The van der Waals surface area contributed by atoms with Crippen LogP contribution in [0.1, 0.15) is 40.5 Å².